The second-order valence-corrected chi connectivity index (χ2v) is 4.94. The zero-order valence-electron chi connectivity index (χ0n) is 10.7. The number of nitrogens with two attached hydrogens (primary N) is 1. The van der Waals surface area contributed by atoms with Crippen molar-refractivity contribution in [2.45, 2.75) is 19.3 Å². The van der Waals surface area contributed by atoms with Crippen LogP contribution in [0.5, 0.6) is 0 Å². The summed E-state index contributed by atoms with van der Waals surface area (Å²) < 4.78 is 0. The van der Waals surface area contributed by atoms with E-state index in [9.17, 15) is 4.79 Å². The lowest BCUT2D eigenvalue weighted by Gasteiger charge is -2.25. The summed E-state index contributed by atoms with van der Waals surface area (Å²) in [6.07, 6.45) is 2.57. The van der Waals surface area contributed by atoms with Crippen molar-refractivity contribution in [3.63, 3.8) is 0 Å². The van der Waals surface area contributed by atoms with Crippen molar-refractivity contribution in [2.75, 3.05) is 30.7 Å². The molecule has 2 rings (SSSR count). The van der Waals surface area contributed by atoms with Crippen LogP contribution < -0.4 is 11.1 Å². The molecule has 0 aromatic heterocycles. The minimum atomic E-state index is -0.0943. The highest BCUT2D eigenvalue weighted by molar-refractivity contribution is 6.31. The van der Waals surface area contributed by atoms with Gasteiger partial charge >= 0.3 is 0 Å². The SMILES string of the molecule is Nc1ccc(Cl)cc1NC(=O)CCN1CCCCO1. The zero-order valence-corrected chi connectivity index (χ0v) is 11.4. The van der Waals surface area contributed by atoms with E-state index in [0.717, 1.165) is 26.0 Å². The van der Waals surface area contributed by atoms with E-state index >= 15 is 0 Å². The van der Waals surface area contributed by atoms with E-state index in [4.69, 9.17) is 22.2 Å². The van der Waals surface area contributed by atoms with E-state index in [0.29, 0.717) is 29.4 Å². The number of nitrogen functional groups attached to an aromatic ring is 1. The highest BCUT2D eigenvalue weighted by Gasteiger charge is 2.13. The van der Waals surface area contributed by atoms with Crippen LogP contribution in [-0.4, -0.2) is 30.7 Å². The molecule has 19 heavy (non-hydrogen) atoms. The number of nitrogens with zero attached hydrogens (tertiary/aromatic N) is 1. The van der Waals surface area contributed by atoms with Crippen LogP contribution in [-0.2, 0) is 9.63 Å². The highest BCUT2D eigenvalue weighted by atomic mass is 35.5. The number of hydrogen-bond acceptors (Lipinski definition) is 4. The molecule has 0 unspecified atom stereocenters. The Kier molecular flexibility index (Phi) is 5.01. The summed E-state index contributed by atoms with van der Waals surface area (Å²) in [5.74, 6) is -0.0943. The number of halogens is 1. The normalized spacial score (nSPS) is 16.3. The van der Waals surface area contributed by atoms with Crippen LogP contribution in [0.25, 0.3) is 0 Å². The van der Waals surface area contributed by atoms with Gasteiger partial charge in [-0.2, -0.15) is 5.06 Å². The van der Waals surface area contributed by atoms with Gasteiger partial charge in [0.2, 0.25) is 5.91 Å². The smallest absolute Gasteiger partial charge is 0.225 e. The summed E-state index contributed by atoms with van der Waals surface area (Å²) >= 11 is 5.86. The maximum absolute atomic E-state index is 11.8. The Morgan fingerprint density at radius 2 is 2.32 bits per heavy atom. The first-order valence-corrected chi connectivity index (χ1v) is 6.76. The van der Waals surface area contributed by atoms with Crippen molar-refractivity contribution in [2.24, 2.45) is 0 Å². The summed E-state index contributed by atoms with van der Waals surface area (Å²) in [6, 6.07) is 5.01. The van der Waals surface area contributed by atoms with Crippen molar-refractivity contribution in [3.05, 3.63) is 23.2 Å². The molecule has 3 N–H and O–H groups in total. The fourth-order valence-corrected chi connectivity index (χ4v) is 2.07. The van der Waals surface area contributed by atoms with Crippen LogP contribution in [0.2, 0.25) is 5.02 Å². The minimum Gasteiger partial charge on any atom is -0.397 e. The van der Waals surface area contributed by atoms with Crippen molar-refractivity contribution in [1.82, 2.24) is 5.06 Å². The molecule has 1 aromatic rings. The third-order valence-electron chi connectivity index (χ3n) is 2.95. The maximum atomic E-state index is 11.8. The zero-order chi connectivity index (χ0) is 13.7. The Morgan fingerprint density at radius 1 is 1.47 bits per heavy atom. The third kappa shape index (κ3) is 4.38. The van der Waals surface area contributed by atoms with Gasteiger partial charge in [0.15, 0.2) is 0 Å². The first-order valence-electron chi connectivity index (χ1n) is 6.38. The Bertz CT molecular complexity index is 448. The first-order chi connectivity index (χ1) is 9.15. The molecule has 6 heteroatoms. The van der Waals surface area contributed by atoms with Gasteiger partial charge in [0.25, 0.3) is 0 Å². The van der Waals surface area contributed by atoms with Gasteiger partial charge < -0.3 is 11.1 Å². The Morgan fingerprint density at radius 3 is 3.05 bits per heavy atom. The molecular formula is C13H18ClN3O2. The van der Waals surface area contributed by atoms with Gasteiger partial charge in [0.1, 0.15) is 0 Å². The number of anilines is 2. The molecule has 1 heterocycles. The molecule has 0 saturated carbocycles. The van der Waals surface area contributed by atoms with Gasteiger partial charge in [-0.1, -0.05) is 11.6 Å². The van der Waals surface area contributed by atoms with Crippen molar-refractivity contribution >= 4 is 28.9 Å². The van der Waals surface area contributed by atoms with Crippen LogP contribution in [0.3, 0.4) is 0 Å². The summed E-state index contributed by atoms with van der Waals surface area (Å²) in [6.45, 7) is 2.21. The predicted molar refractivity (Wildman–Crippen MR) is 75.9 cm³/mol. The molecule has 1 amide bonds. The molecule has 1 fully saturated rings. The molecule has 0 bridgehead atoms. The predicted octanol–water partition coefficient (Wildman–Crippen LogP) is 2.28. The monoisotopic (exact) mass is 283 g/mol. The van der Waals surface area contributed by atoms with Gasteiger partial charge in [-0.3, -0.25) is 9.63 Å². The molecular weight excluding hydrogens is 266 g/mol. The molecule has 5 nitrogen and oxygen atoms in total. The Hall–Kier alpha value is -1.30. The first kappa shape index (κ1) is 14.1. The quantitative estimate of drug-likeness (QED) is 0.832. The van der Waals surface area contributed by atoms with E-state index in [1.165, 1.54) is 0 Å². The standard InChI is InChI=1S/C13H18ClN3O2/c14-10-3-4-11(15)12(9-10)16-13(18)5-7-17-6-1-2-8-19-17/h3-4,9H,1-2,5-8,15H2,(H,16,18). The molecule has 0 atom stereocenters. The van der Waals surface area contributed by atoms with Crippen molar-refractivity contribution < 1.29 is 9.63 Å². The fourth-order valence-electron chi connectivity index (χ4n) is 1.90. The molecule has 1 aliphatic heterocycles. The fraction of sp³-hybridized carbons (Fsp3) is 0.462. The molecule has 0 spiro atoms. The van der Waals surface area contributed by atoms with E-state index in [2.05, 4.69) is 5.32 Å². The maximum Gasteiger partial charge on any atom is 0.225 e. The molecule has 1 saturated heterocycles. The average molecular weight is 284 g/mol. The summed E-state index contributed by atoms with van der Waals surface area (Å²) in [5.41, 5.74) is 6.83. The van der Waals surface area contributed by atoms with Gasteiger partial charge in [-0.25, -0.2) is 0 Å². The summed E-state index contributed by atoms with van der Waals surface area (Å²) in [7, 11) is 0. The second kappa shape index (κ2) is 6.75. The second-order valence-electron chi connectivity index (χ2n) is 4.50. The number of hydrogen-bond donors (Lipinski definition) is 2. The topological polar surface area (TPSA) is 67.6 Å². The van der Waals surface area contributed by atoms with E-state index < -0.39 is 0 Å². The van der Waals surface area contributed by atoms with Gasteiger partial charge in [-0.15, -0.1) is 0 Å². The lowest BCUT2D eigenvalue weighted by Crippen LogP contribution is -2.32. The molecule has 1 aliphatic rings. The number of amides is 1. The van der Waals surface area contributed by atoms with Gasteiger partial charge in [0, 0.05) is 24.5 Å². The Balaban J connectivity index is 1.81. The molecule has 104 valence electrons. The van der Waals surface area contributed by atoms with E-state index in [-0.39, 0.29) is 5.91 Å². The summed E-state index contributed by atoms with van der Waals surface area (Å²) in [5, 5.41) is 5.14. The van der Waals surface area contributed by atoms with Gasteiger partial charge in [0.05, 0.1) is 18.0 Å². The number of carbonyl (C=O) groups excluding carboxylic acids is 1. The lowest BCUT2D eigenvalue weighted by molar-refractivity contribution is -0.181. The van der Waals surface area contributed by atoms with Crippen LogP contribution in [0, 0.1) is 0 Å². The molecule has 0 radical (unpaired) electrons. The van der Waals surface area contributed by atoms with E-state index in [1.807, 2.05) is 5.06 Å². The van der Waals surface area contributed by atoms with Gasteiger partial charge in [-0.05, 0) is 31.0 Å². The van der Waals surface area contributed by atoms with Crippen molar-refractivity contribution in [3.8, 4) is 0 Å². The number of nitrogens with one attached hydrogen (secondary N) is 1. The average Bonchev–Trinajstić information content (AvgIpc) is 2.42. The largest absolute Gasteiger partial charge is 0.397 e. The van der Waals surface area contributed by atoms with Crippen LogP contribution in [0.15, 0.2) is 18.2 Å². The van der Waals surface area contributed by atoms with Crippen LogP contribution in [0.1, 0.15) is 19.3 Å². The number of rotatable bonds is 4. The number of carbonyl (C=O) groups is 1. The number of hydroxylamine groups is 2. The minimum absolute atomic E-state index is 0.0943. The third-order valence-corrected chi connectivity index (χ3v) is 3.19. The number of benzene rings is 1. The van der Waals surface area contributed by atoms with Crippen LogP contribution in [0.4, 0.5) is 11.4 Å². The van der Waals surface area contributed by atoms with Crippen LogP contribution >= 0.6 is 11.6 Å². The summed E-state index contributed by atoms with van der Waals surface area (Å²) in [4.78, 5) is 17.3. The van der Waals surface area contributed by atoms with Crippen molar-refractivity contribution in [1.29, 1.82) is 0 Å². The Labute approximate surface area is 117 Å². The highest BCUT2D eigenvalue weighted by Crippen LogP contribution is 2.23. The van der Waals surface area contributed by atoms with E-state index in [1.54, 1.807) is 18.2 Å². The molecule has 1 aromatic carbocycles. The molecule has 0 aliphatic carbocycles. The lowest BCUT2D eigenvalue weighted by atomic mass is 10.2.